The predicted octanol–water partition coefficient (Wildman–Crippen LogP) is 3.95. The fourth-order valence-electron chi connectivity index (χ4n) is 0.874. The third-order valence-electron chi connectivity index (χ3n) is 1.53. The van der Waals surface area contributed by atoms with Crippen molar-refractivity contribution in [1.82, 2.24) is 0 Å². The van der Waals surface area contributed by atoms with Gasteiger partial charge in [-0.1, -0.05) is 19.6 Å². The largest absolute Gasteiger partial charge is 4.00 e. The van der Waals surface area contributed by atoms with E-state index in [0.717, 1.165) is 0 Å². The van der Waals surface area contributed by atoms with Gasteiger partial charge < -0.3 is 17.2 Å². The summed E-state index contributed by atoms with van der Waals surface area (Å²) in [5, 5.41) is 1.56. The summed E-state index contributed by atoms with van der Waals surface area (Å²) in [6.07, 6.45) is 0. The third kappa shape index (κ3) is 14.3. The van der Waals surface area contributed by atoms with E-state index in [0.29, 0.717) is 0 Å². The van der Waals surface area contributed by atoms with Crippen LogP contribution in [0.15, 0.2) is 24.3 Å². The quantitative estimate of drug-likeness (QED) is 0.501. The van der Waals surface area contributed by atoms with Gasteiger partial charge >= 0.3 is 25.8 Å². The fourth-order valence-corrected chi connectivity index (χ4v) is 2.07. The zero-order chi connectivity index (χ0) is 12.9. The molecule has 3 nitrogen and oxygen atoms in total. The van der Waals surface area contributed by atoms with Gasteiger partial charge in [0.25, 0.3) is 0 Å². The van der Waals surface area contributed by atoms with Crippen LogP contribution in [0, 0.1) is 0 Å². The van der Waals surface area contributed by atoms with E-state index < -0.39 is 8.07 Å². The molecule has 0 aliphatic carbocycles. The Kier molecular flexibility index (Phi) is 27.9. The summed E-state index contributed by atoms with van der Waals surface area (Å²) in [7, 11) is 2.77. The Balaban J connectivity index is -0.0000000900. The molecular weight excluding hydrogens is 381 g/mol. The minimum atomic E-state index is -0.981. The Hall–Kier alpha value is 0.317. The average Bonchev–Trinajstić information content (AvgIpc) is 2.79. The molecule has 3 N–H and O–H groups in total. The molecule has 0 radical (unpaired) electrons. The van der Waals surface area contributed by atoms with E-state index in [1.165, 1.54) is 21.1 Å². The second kappa shape index (κ2) is 17.7. The maximum Gasteiger partial charge on any atom is 4.00 e. The number of hydrogen-bond donors (Lipinski definition) is 0. The summed E-state index contributed by atoms with van der Waals surface area (Å²) in [4.78, 5) is 0. The molecule has 0 aliphatic heterocycles. The van der Waals surface area contributed by atoms with E-state index in [1.54, 1.807) is 5.19 Å². The van der Waals surface area contributed by atoms with Crippen molar-refractivity contribution in [3.05, 3.63) is 41.5 Å². The molecule has 5 heteroatoms. The van der Waals surface area contributed by atoms with Crippen molar-refractivity contribution < 1.29 is 25.8 Å². The summed E-state index contributed by atoms with van der Waals surface area (Å²) in [6, 6.07) is 8.69. The van der Waals surface area contributed by atoms with Crippen molar-refractivity contribution in [2.45, 2.75) is 19.6 Å². The Bertz CT molecular complexity index is 184. The molecule has 0 amide bonds. The van der Waals surface area contributed by atoms with Gasteiger partial charge in [0.15, 0.2) is 0 Å². The van der Waals surface area contributed by atoms with Crippen molar-refractivity contribution >= 4 is 13.3 Å². The molecule has 92 valence electrons. The standard InChI is InChI=1S/C8H13Si.3CH4N.Hf/c1-9(2,3)8-6-4-5-7-8;3*1-2;/h4-7H,1-3H3;3*2H,1H3;/q4*-1;+4. The topological polar surface area (TPSA) is 71.4 Å². The molecule has 0 spiro atoms. The van der Waals surface area contributed by atoms with Crippen LogP contribution in [0.3, 0.4) is 0 Å². The van der Waals surface area contributed by atoms with Crippen LogP contribution in [-0.4, -0.2) is 29.2 Å². The third-order valence-corrected chi connectivity index (χ3v) is 3.59. The van der Waals surface area contributed by atoms with Crippen molar-refractivity contribution in [2.75, 3.05) is 21.1 Å². The molecule has 0 unspecified atom stereocenters. The van der Waals surface area contributed by atoms with Crippen LogP contribution < -0.4 is 5.19 Å². The van der Waals surface area contributed by atoms with Gasteiger partial charge in [-0.2, -0.15) is 38.5 Å². The predicted molar refractivity (Wildman–Crippen MR) is 75.8 cm³/mol. The molecular formula is C11H25HfN3Si. The van der Waals surface area contributed by atoms with E-state index >= 15 is 0 Å². The Labute approximate surface area is 121 Å². The number of nitrogens with one attached hydrogen (secondary N) is 3. The van der Waals surface area contributed by atoms with Gasteiger partial charge in [0.2, 0.25) is 0 Å². The van der Waals surface area contributed by atoms with E-state index in [1.807, 2.05) is 0 Å². The second-order valence-electron chi connectivity index (χ2n) is 3.42. The van der Waals surface area contributed by atoms with Crippen LogP contribution in [-0.2, 0) is 25.8 Å². The van der Waals surface area contributed by atoms with Crippen molar-refractivity contribution in [3.8, 4) is 0 Å². The molecule has 0 fully saturated rings. The molecule has 1 rings (SSSR count). The van der Waals surface area contributed by atoms with Crippen LogP contribution in [0.4, 0.5) is 0 Å². The van der Waals surface area contributed by atoms with Gasteiger partial charge in [-0.25, -0.2) is 12.1 Å². The van der Waals surface area contributed by atoms with E-state index in [4.69, 9.17) is 17.2 Å². The molecule has 0 saturated heterocycles. The Morgan fingerprint density at radius 3 is 1.12 bits per heavy atom. The summed E-state index contributed by atoms with van der Waals surface area (Å²) >= 11 is 0. The fraction of sp³-hybridized carbons (Fsp3) is 0.545. The first-order valence-corrected chi connectivity index (χ1v) is 8.33. The smallest absolute Gasteiger partial charge is 0.680 e. The van der Waals surface area contributed by atoms with Crippen LogP contribution in [0.25, 0.3) is 17.2 Å². The van der Waals surface area contributed by atoms with E-state index in [9.17, 15) is 0 Å². The zero-order valence-corrected chi connectivity index (χ0v) is 15.9. The first kappa shape index (κ1) is 25.2. The van der Waals surface area contributed by atoms with Gasteiger partial charge in [0.1, 0.15) is 0 Å². The maximum absolute atomic E-state index is 5.75. The van der Waals surface area contributed by atoms with Gasteiger partial charge in [-0.05, 0) is 0 Å². The zero-order valence-electron chi connectivity index (χ0n) is 11.3. The molecule has 1 aromatic rings. The molecule has 0 atom stereocenters. The molecule has 0 bridgehead atoms. The SMILES string of the molecule is C[NH-].C[NH-].C[NH-].C[Si](C)(C)[c-]1cccc1.[Hf+4]. The monoisotopic (exact) mass is 407 g/mol. The molecule has 0 aromatic heterocycles. The Morgan fingerprint density at radius 2 is 1.00 bits per heavy atom. The minimum Gasteiger partial charge on any atom is -0.680 e. The normalized spacial score (nSPS) is 7.81. The van der Waals surface area contributed by atoms with Gasteiger partial charge in [-0.3, -0.25) is 0 Å². The second-order valence-corrected chi connectivity index (χ2v) is 8.50. The number of hydrogen-bond acceptors (Lipinski definition) is 0. The summed E-state index contributed by atoms with van der Waals surface area (Å²) < 4.78 is 0. The first-order chi connectivity index (χ1) is 7.11. The van der Waals surface area contributed by atoms with Crippen LogP contribution >= 0.6 is 0 Å². The minimum absolute atomic E-state index is 0. The Morgan fingerprint density at radius 1 is 0.750 bits per heavy atom. The molecule has 0 heterocycles. The van der Waals surface area contributed by atoms with Gasteiger partial charge in [0.05, 0.1) is 0 Å². The van der Waals surface area contributed by atoms with Crippen LogP contribution in [0.2, 0.25) is 19.6 Å². The van der Waals surface area contributed by atoms with Gasteiger partial charge in [-0.15, -0.1) is 0 Å². The van der Waals surface area contributed by atoms with Gasteiger partial charge in [0, 0.05) is 8.07 Å². The first-order valence-electron chi connectivity index (χ1n) is 4.83. The maximum atomic E-state index is 5.75. The van der Waals surface area contributed by atoms with Crippen molar-refractivity contribution in [1.29, 1.82) is 0 Å². The van der Waals surface area contributed by atoms with Crippen molar-refractivity contribution in [3.63, 3.8) is 0 Å². The van der Waals surface area contributed by atoms with Crippen LogP contribution in [0.1, 0.15) is 0 Å². The molecule has 16 heavy (non-hydrogen) atoms. The van der Waals surface area contributed by atoms with E-state index in [-0.39, 0.29) is 25.8 Å². The summed E-state index contributed by atoms with van der Waals surface area (Å²) in [5.41, 5.74) is 17.2. The molecule has 0 saturated carbocycles. The van der Waals surface area contributed by atoms with Crippen LogP contribution in [0.5, 0.6) is 0 Å². The average molecular weight is 406 g/mol. The van der Waals surface area contributed by atoms with E-state index in [2.05, 4.69) is 43.9 Å². The molecule has 0 aliphatic rings. The van der Waals surface area contributed by atoms with Crippen molar-refractivity contribution in [2.24, 2.45) is 0 Å². The summed E-state index contributed by atoms with van der Waals surface area (Å²) in [6.45, 7) is 7.09. The number of rotatable bonds is 1. The molecule has 1 aromatic carbocycles. The summed E-state index contributed by atoms with van der Waals surface area (Å²) in [5.74, 6) is 0.